The maximum atomic E-state index is 13.7. The molecule has 2 aromatic carbocycles. The van der Waals surface area contributed by atoms with Crippen LogP contribution in [0.1, 0.15) is 43.2 Å². The van der Waals surface area contributed by atoms with Gasteiger partial charge in [0, 0.05) is 11.6 Å². The largest absolute Gasteiger partial charge is 0.489 e. The van der Waals surface area contributed by atoms with Gasteiger partial charge in [-0.1, -0.05) is 49.6 Å². The number of nitrogens with one attached hydrogen (secondary N) is 2. The number of ether oxygens (including phenoxy) is 1. The summed E-state index contributed by atoms with van der Waals surface area (Å²) in [5, 5.41) is 8.04. The predicted octanol–water partition coefficient (Wildman–Crippen LogP) is 4.54. The zero-order valence-electron chi connectivity index (χ0n) is 15.2. The molecule has 2 N–H and O–H groups in total. The topological polar surface area (TPSA) is 45.6 Å². The molecule has 142 valence electrons. The van der Waals surface area contributed by atoms with Crippen LogP contribution >= 0.6 is 12.2 Å². The number of thiocarbonyl (C=S) groups is 1. The Morgan fingerprint density at radius 1 is 1.15 bits per heavy atom. The summed E-state index contributed by atoms with van der Waals surface area (Å²) in [6, 6.07) is 14.5. The fourth-order valence-corrected chi connectivity index (χ4v) is 3.31. The average Bonchev–Trinajstić information content (AvgIpc) is 2.68. The molecule has 0 amide bonds. The first-order chi connectivity index (χ1) is 13.2. The molecule has 1 fully saturated rings. The van der Waals surface area contributed by atoms with Crippen molar-refractivity contribution < 1.29 is 9.13 Å². The van der Waals surface area contributed by atoms with Gasteiger partial charge in [0.05, 0.1) is 6.21 Å². The van der Waals surface area contributed by atoms with E-state index in [1.54, 1.807) is 24.4 Å². The monoisotopic (exact) mass is 385 g/mol. The van der Waals surface area contributed by atoms with E-state index in [0.29, 0.717) is 22.5 Å². The Hall–Kier alpha value is -2.47. The van der Waals surface area contributed by atoms with E-state index >= 15 is 0 Å². The van der Waals surface area contributed by atoms with Crippen LogP contribution < -0.4 is 15.5 Å². The molecule has 1 saturated carbocycles. The minimum absolute atomic E-state index is 0.181. The minimum atomic E-state index is -0.265. The summed E-state index contributed by atoms with van der Waals surface area (Å²) in [4.78, 5) is 0. The molecule has 0 bridgehead atoms. The van der Waals surface area contributed by atoms with Crippen LogP contribution in [0.5, 0.6) is 5.75 Å². The van der Waals surface area contributed by atoms with Gasteiger partial charge in [-0.25, -0.2) is 4.39 Å². The fourth-order valence-electron chi connectivity index (χ4n) is 3.09. The molecular formula is C21H24FN3OS. The first kappa shape index (κ1) is 19.3. The van der Waals surface area contributed by atoms with Gasteiger partial charge >= 0.3 is 0 Å². The standard InChI is InChI=1S/C21H24FN3OS/c22-20-12-5-4-8-17(20)15-26-19-11-6-7-16(13-19)14-23-25-21(27)24-18-9-2-1-3-10-18/h4-8,11-14,18H,1-3,9-10,15H2,(H2,24,25,27)/b23-14+. The predicted molar refractivity (Wildman–Crippen MR) is 111 cm³/mol. The van der Waals surface area contributed by atoms with Crippen molar-refractivity contribution in [2.24, 2.45) is 5.10 Å². The summed E-state index contributed by atoms with van der Waals surface area (Å²) in [6.45, 7) is 0.181. The second-order valence-electron chi connectivity index (χ2n) is 6.63. The highest BCUT2D eigenvalue weighted by Gasteiger charge is 2.13. The number of hydrogen-bond acceptors (Lipinski definition) is 3. The summed E-state index contributed by atoms with van der Waals surface area (Å²) in [6.07, 6.45) is 7.82. The molecule has 2 aromatic rings. The maximum Gasteiger partial charge on any atom is 0.187 e. The molecule has 6 heteroatoms. The van der Waals surface area contributed by atoms with Crippen LogP contribution in [0.2, 0.25) is 0 Å². The highest BCUT2D eigenvalue weighted by molar-refractivity contribution is 7.80. The number of nitrogens with zero attached hydrogens (tertiary/aromatic N) is 1. The summed E-state index contributed by atoms with van der Waals surface area (Å²) in [5.74, 6) is 0.392. The van der Waals surface area contributed by atoms with Crippen LogP contribution in [0.4, 0.5) is 4.39 Å². The van der Waals surface area contributed by atoms with Crippen molar-refractivity contribution in [3.8, 4) is 5.75 Å². The van der Waals surface area contributed by atoms with Crippen molar-refractivity contribution in [2.75, 3.05) is 0 Å². The molecule has 27 heavy (non-hydrogen) atoms. The number of halogens is 1. The van der Waals surface area contributed by atoms with E-state index in [1.807, 2.05) is 24.3 Å². The average molecular weight is 386 g/mol. The first-order valence-corrected chi connectivity index (χ1v) is 9.67. The van der Waals surface area contributed by atoms with Gasteiger partial charge in [-0.3, -0.25) is 5.43 Å². The molecule has 0 aromatic heterocycles. The van der Waals surface area contributed by atoms with Gasteiger partial charge in [-0.2, -0.15) is 5.10 Å². The normalized spacial score (nSPS) is 14.9. The number of hydrogen-bond donors (Lipinski definition) is 2. The van der Waals surface area contributed by atoms with E-state index in [4.69, 9.17) is 17.0 Å². The fraction of sp³-hybridized carbons (Fsp3) is 0.333. The van der Waals surface area contributed by atoms with Crippen molar-refractivity contribution in [1.82, 2.24) is 10.7 Å². The van der Waals surface area contributed by atoms with E-state index in [0.717, 1.165) is 18.4 Å². The van der Waals surface area contributed by atoms with Crippen molar-refractivity contribution in [2.45, 2.75) is 44.8 Å². The van der Waals surface area contributed by atoms with Gasteiger partial charge < -0.3 is 10.1 Å². The lowest BCUT2D eigenvalue weighted by molar-refractivity contribution is 0.300. The Balaban J connectivity index is 1.48. The highest BCUT2D eigenvalue weighted by Crippen LogP contribution is 2.17. The molecule has 0 spiro atoms. The third kappa shape index (κ3) is 6.32. The highest BCUT2D eigenvalue weighted by atomic mass is 32.1. The van der Waals surface area contributed by atoms with Crippen molar-refractivity contribution in [3.05, 3.63) is 65.5 Å². The van der Waals surface area contributed by atoms with Gasteiger partial charge in [0.1, 0.15) is 18.2 Å². The van der Waals surface area contributed by atoms with Gasteiger partial charge in [-0.15, -0.1) is 0 Å². The first-order valence-electron chi connectivity index (χ1n) is 9.26. The molecule has 1 aliphatic rings. The van der Waals surface area contributed by atoms with Crippen LogP contribution in [-0.2, 0) is 6.61 Å². The second kappa shape index (κ2) is 10.0. The molecule has 0 heterocycles. The quantitative estimate of drug-likeness (QED) is 0.435. The molecule has 0 atom stereocenters. The van der Waals surface area contributed by atoms with E-state index in [9.17, 15) is 4.39 Å². The van der Waals surface area contributed by atoms with Crippen molar-refractivity contribution >= 4 is 23.5 Å². The lowest BCUT2D eigenvalue weighted by Gasteiger charge is -2.23. The zero-order chi connectivity index (χ0) is 18.9. The van der Waals surface area contributed by atoms with E-state index in [-0.39, 0.29) is 12.4 Å². The van der Waals surface area contributed by atoms with Gasteiger partial charge in [0.2, 0.25) is 0 Å². The summed E-state index contributed by atoms with van der Waals surface area (Å²) in [7, 11) is 0. The second-order valence-corrected chi connectivity index (χ2v) is 7.04. The SMILES string of the molecule is Fc1ccccc1COc1cccc(/C=N/NC(=S)NC2CCCCC2)c1. The van der Waals surface area contributed by atoms with Gasteiger partial charge in [0.15, 0.2) is 5.11 Å². The summed E-state index contributed by atoms with van der Waals surface area (Å²) >= 11 is 5.29. The smallest absolute Gasteiger partial charge is 0.187 e. The molecule has 0 aliphatic heterocycles. The molecule has 4 nitrogen and oxygen atoms in total. The molecule has 0 radical (unpaired) electrons. The van der Waals surface area contributed by atoms with Crippen LogP contribution in [0.25, 0.3) is 0 Å². The maximum absolute atomic E-state index is 13.7. The third-order valence-electron chi connectivity index (χ3n) is 4.53. The Morgan fingerprint density at radius 2 is 1.96 bits per heavy atom. The Morgan fingerprint density at radius 3 is 2.78 bits per heavy atom. The van der Waals surface area contributed by atoms with Crippen molar-refractivity contribution in [1.29, 1.82) is 0 Å². The minimum Gasteiger partial charge on any atom is -0.489 e. The van der Waals surface area contributed by atoms with Crippen LogP contribution in [0, 0.1) is 5.82 Å². The lowest BCUT2D eigenvalue weighted by atomic mass is 9.96. The number of benzene rings is 2. The van der Waals surface area contributed by atoms with E-state index in [1.165, 1.54) is 25.3 Å². The summed E-state index contributed by atoms with van der Waals surface area (Å²) in [5.41, 5.74) is 4.26. The molecule has 3 rings (SSSR count). The molecule has 0 saturated heterocycles. The van der Waals surface area contributed by atoms with Crippen LogP contribution in [0.15, 0.2) is 53.6 Å². The van der Waals surface area contributed by atoms with Crippen LogP contribution in [0.3, 0.4) is 0 Å². The summed E-state index contributed by atoms with van der Waals surface area (Å²) < 4.78 is 19.3. The van der Waals surface area contributed by atoms with Crippen LogP contribution in [-0.4, -0.2) is 17.4 Å². The molecule has 1 aliphatic carbocycles. The van der Waals surface area contributed by atoms with Crippen molar-refractivity contribution in [3.63, 3.8) is 0 Å². The van der Waals surface area contributed by atoms with E-state index in [2.05, 4.69) is 15.8 Å². The number of hydrazone groups is 1. The zero-order valence-corrected chi connectivity index (χ0v) is 16.0. The Kier molecular flexibility index (Phi) is 7.16. The Bertz CT molecular complexity index is 791. The number of rotatable bonds is 6. The molecular weight excluding hydrogens is 361 g/mol. The molecule has 0 unspecified atom stereocenters. The van der Waals surface area contributed by atoms with E-state index < -0.39 is 0 Å². The van der Waals surface area contributed by atoms with Gasteiger partial charge in [0.25, 0.3) is 0 Å². The Labute approximate surface area is 164 Å². The third-order valence-corrected chi connectivity index (χ3v) is 4.74. The lowest BCUT2D eigenvalue weighted by Crippen LogP contribution is -2.40. The van der Waals surface area contributed by atoms with Gasteiger partial charge in [-0.05, 0) is 48.8 Å².